The van der Waals surface area contributed by atoms with Gasteiger partial charge in [0.05, 0.1) is 89.0 Å². The first kappa shape index (κ1) is 91.2. The van der Waals surface area contributed by atoms with Crippen LogP contribution in [0.5, 0.6) is 0 Å². The molecule has 0 N–H and O–H groups in total. The molecule has 0 bridgehead atoms. The Labute approximate surface area is 846 Å². The highest BCUT2D eigenvalue weighted by Crippen LogP contribution is 2.59. The van der Waals surface area contributed by atoms with Gasteiger partial charge in [-0.15, -0.1) is 11.3 Å². The molecule has 13 heteroatoms. The highest BCUT2D eigenvalue weighted by Gasteiger charge is 2.37. The summed E-state index contributed by atoms with van der Waals surface area (Å²) in [5.74, 6) is -0.402. The monoisotopic (exact) mass is 1880 g/mol. The second kappa shape index (κ2) is 36.4. The summed E-state index contributed by atoms with van der Waals surface area (Å²) in [5.41, 5.74) is 34.8. The van der Waals surface area contributed by atoms with E-state index in [0.717, 1.165) is 161 Å². The highest BCUT2D eigenvalue weighted by molar-refractivity contribution is 7.17. The number of Topliss-reactive ketones (excluding diaryl/α,β-unsaturated/α-hetero) is 2. The standard InChI is InChI=1S/C42H27NO2.C34H31N3.C28H15N3S.C28H19N3/c1-24-18-35-36(19-25(24)2)42(45)37(41(35)44)22-30-15-17-38-40-32(30)12-7-13-33(40)34-21-28-10-5-6-11-29(28)23-39(34)43(38)31-16-14-26-8-3-4-9-27(26)20-31;1-33(2,3)23-12-15-26(16-13-23)37-30-18-14-24(34(4,5)6)20-29(30)28-10-8-9-27-22(19-25(21-35)36-7)11-17-31(37)32(27)28;1-30-20(17-29)15-19-10-12-26-28-22(19)6-4-7-24(28)23-5-2-3-8-25(23)31(26)21-11-9-18-13-14-32-27(18)16-21;1-18-7-11-22(12-8-18)31-26-13-9-19(2)15-25(26)24-6-4-5-23-20(16-21(17-29)30-3)10-14-27(31)28(23)24/h3-23H,1-2H3;8-20H,1-6H3;2-16H;4-16H,1-2H3/b;25-19-;20-15-;21-16-. The van der Waals surface area contributed by atoms with Gasteiger partial charge in [0.2, 0.25) is 0 Å². The van der Waals surface area contributed by atoms with E-state index in [1.54, 1.807) is 35.6 Å². The smallest absolute Gasteiger partial charge is 0.262 e. The molecule has 0 unspecified atom stereocenters. The Morgan fingerprint density at radius 2 is 0.662 bits per heavy atom. The van der Waals surface area contributed by atoms with Crippen LogP contribution in [0.1, 0.15) is 118 Å². The molecular weight excluding hydrogens is 1790 g/mol. The summed E-state index contributed by atoms with van der Waals surface area (Å²) < 4.78 is 1.25. The molecule has 4 aliphatic heterocycles. The van der Waals surface area contributed by atoms with Gasteiger partial charge in [0.15, 0.2) is 11.6 Å². The molecule has 0 fully saturated rings. The first-order valence-corrected chi connectivity index (χ1v) is 49.1. The van der Waals surface area contributed by atoms with E-state index in [0.29, 0.717) is 11.1 Å². The van der Waals surface area contributed by atoms with E-state index >= 15 is 0 Å². The van der Waals surface area contributed by atoms with Crippen LogP contribution in [0, 0.1) is 81.4 Å². The lowest BCUT2D eigenvalue weighted by Gasteiger charge is -2.35. The number of anilines is 12. The van der Waals surface area contributed by atoms with Gasteiger partial charge < -0.3 is 19.6 Å². The predicted octanol–water partition coefficient (Wildman–Crippen LogP) is 36.3. The third-order valence-electron chi connectivity index (χ3n) is 28.5. The van der Waals surface area contributed by atoms with E-state index in [4.69, 9.17) is 19.7 Å². The largest absolute Gasteiger partial charge is 0.309 e. The van der Waals surface area contributed by atoms with Crippen molar-refractivity contribution < 1.29 is 9.59 Å². The quantitative estimate of drug-likeness (QED) is 0.0631. The Morgan fingerprint density at radius 1 is 0.297 bits per heavy atom. The summed E-state index contributed by atoms with van der Waals surface area (Å²) in [5, 5.41) is 44.7. The van der Waals surface area contributed by atoms with Crippen molar-refractivity contribution in [1.29, 1.82) is 15.8 Å². The lowest BCUT2D eigenvalue weighted by Crippen LogP contribution is -2.18. The zero-order chi connectivity index (χ0) is 100. The van der Waals surface area contributed by atoms with E-state index in [1.165, 1.54) is 81.7 Å². The fraction of sp³-hybridized carbons (Fsp3) is 0.0909. The summed E-state index contributed by atoms with van der Waals surface area (Å²) in [6, 6.07) is 128. The number of hydrogen-bond donors (Lipinski definition) is 0. The number of rotatable bonds is 8. The molecule has 1 aromatic heterocycles. The minimum absolute atomic E-state index is 0.0182. The van der Waals surface area contributed by atoms with Gasteiger partial charge >= 0.3 is 0 Å². The van der Waals surface area contributed by atoms with Crippen molar-refractivity contribution in [2.24, 2.45) is 0 Å². The SMILES string of the molecule is Cc1cc2c(cc1C)C(=O)C(=Cc1ccc3c4c(cccc14)-c1cc4ccccc4cc1N3c1ccc3ccccc3c1)C2=O.[C-]#[N+]/C(C#N)=C\c1ccc2c3c(cccc13)-c1cc(C(C)(C)C)ccc1N2c1ccc(C(C)(C)C)cc1.[C-]#[N+]/C(C#N)=C\c1ccc2c3c(cccc13)-c1cc(C)ccc1N2c1ccc(C)cc1.[C-]#[N+]/C(C#N)=C\c1ccc2c3c(cccc13)-c1ccccc1N2c1ccc2ccsc2c1. The van der Waals surface area contributed by atoms with Gasteiger partial charge in [-0.2, -0.15) is 0 Å². The Kier molecular flexibility index (Phi) is 22.9. The number of carbonyl (C=O) groups is 2. The van der Waals surface area contributed by atoms with Crippen LogP contribution in [0.2, 0.25) is 0 Å². The number of fused-ring (bicyclic) bond motifs is 12. The molecular formula is C132H92N10O2S. The molecule has 0 amide bonds. The molecule has 0 saturated carbocycles. The molecule has 0 atom stereocenters. The van der Waals surface area contributed by atoms with Crippen molar-refractivity contribution in [3.05, 3.63) is 475 Å². The second-order valence-corrected chi connectivity index (χ2v) is 40.4. The average molecular weight is 1880 g/mol. The molecule has 25 rings (SSSR count). The number of ketones is 2. The first-order valence-electron chi connectivity index (χ1n) is 48.2. The maximum atomic E-state index is 13.5. The van der Waals surface area contributed by atoms with Gasteiger partial charge in [-0.25, -0.2) is 30.3 Å². The molecule has 19 aromatic carbocycles. The second-order valence-electron chi connectivity index (χ2n) is 39.5. The van der Waals surface area contributed by atoms with Gasteiger partial charge in [-0.05, 0) is 317 Å². The zero-order valence-corrected chi connectivity index (χ0v) is 82.3. The molecule has 0 radical (unpaired) electrons. The summed E-state index contributed by atoms with van der Waals surface area (Å²) in [4.78, 5) is 46.5. The summed E-state index contributed by atoms with van der Waals surface area (Å²) >= 11 is 1.75. The Balaban J connectivity index is 0.000000111. The summed E-state index contributed by atoms with van der Waals surface area (Å²) in [7, 11) is 0. The highest BCUT2D eigenvalue weighted by atomic mass is 32.1. The number of thiophene rings is 1. The van der Waals surface area contributed by atoms with Crippen molar-refractivity contribution >= 4 is 190 Å². The van der Waals surface area contributed by atoms with Gasteiger partial charge in [-0.3, -0.25) is 9.59 Å². The third kappa shape index (κ3) is 16.0. The first-order chi connectivity index (χ1) is 70.4. The molecule has 5 aliphatic rings. The zero-order valence-electron chi connectivity index (χ0n) is 81.5. The van der Waals surface area contributed by atoms with Crippen molar-refractivity contribution in [3.63, 3.8) is 0 Å². The summed E-state index contributed by atoms with van der Waals surface area (Å²) in [6.07, 6.45) is 6.85. The van der Waals surface area contributed by atoms with E-state index in [2.05, 4.69) is 404 Å². The van der Waals surface area contributed by atoms with Crippen molar-refractivity contribution in [3.8, 4) is 62.7 Å². The van der Waals surface area contributed by atoms with Crippen LogP contribution in [-0.4, -0.2) is 11.6 Å². The number of para-hydroxylation sites is 1. The molecule has 12 nitrogen and oxygen atoms in total. The van der Waals surface area contributed by atoms with E-state index in [1.807, 2.05) is 68.5 Å². The number of aryl methyl sites for hydroxylation is 4. The van der Waals surface area contributed by atoms with Crippen LogP contribution in [-0.2, 0) is 10.8 Å². The van der Waals surface area contributed by atoms with Crippen LogP contribution >= 0.6 is 11.3 Å². The fourth-order valence-electron chi connectivity index (χ4n) is 21.2. The maximum Gasteiger partial charge on any atom is 0.262 e. The number of carbonyl (C=O) groups excluding carboxylic acids is 2. The van der Waals surface area contributed by atoms with Crippen molar-refractivity contribution in [1.82, 2.24) is 0 Å². The molecule has 0 spiro atoms. The minimum Gasteiger partial charge on any atom is -0.309 e. The Morgan fingerprint density at radius 3 is 1.16 bits per heavy atom. The molecule has 20 aromatic rings. The van der Waals surface area contributed by atoms with Gasteiger partial charge in [0.1, 0.15) is 0 Å². The number of hydrogen-bond acceptors (Lipinski definition) is 10. The molecule has 0 saturated heterocycles. The van der Waals surface area contributed by atoms with E-state index < -0.39 is 0 Å². The van der Waals surface area contributed by atoms with Gasteiger partial charge in [-0.1, -0.05) is 265 Å². The number of allylic oxidation sites excluding steroid dienone is 4. The Hall–Kier alpha value is -18.9. The van der Waals surface area contributed by atoms with E-state index in [-0.39, 0.29) is 45.1 Å². The third-order valence-corrected chi connectivity index (χ3v) is 29.4. The van der Waals surface area contributed by atoms with Gasteiger partial charge in [0.25, 0.3) is 17.1 Å². The normalized spacial score (nSPS) is 12.9. The fourth-order valence-corrected chi connectivity index (χ4v) is 22.0. The molecule has 1 aliphatic carbocycles. The minimum atomic E-state index is -0.201. The maximum absolute atomic E-state index is 13.5. The average Bonchev–Trinajstić information content (AvgIpc) is 0.792. The molecule has 145 heavy (non-hydrogen) atoms. The number of nitriles is 3. The predicted molar refractivity (Wildman–Crippen MR) is 601 cm³/mol. The van der Waals surface area contributed by atoms with Crippen LogP contribution in [0.3, 0.4) is 0 Å². The topological polar surface area (TPSA) is 132 Å². The van der Waals surface area contributed by atoms with Gasteiger partial charge in [0, 0.05) is 82.4 Å². The number of nitrogens with zero attached hydrogens (tertiary/aromatic N) is 10. The number of benzene rings is 19. The van der Waals surface area contributed by atoms with E-state index in [9.17, 15) is 25.4 Å². The molecule has 688 valence electrons. The van der Waals surface area contributed by atoms with Crippen LogP contribution < -0.4 is 19.6 Å². The van der Waals surface area contributed by atoms with Crippen LogP contribution in [0.25, 0.3) is 158 Å². The van der Waals surface area contributed by atoms with Crippen LogP contribution in [0.4, 0.5) is 68.2 Å². The Bertz CT molecular complexity index is 9320. The lowest BCUT2D eigenvalue weighted by molar-refractivity contribution is 0.0990. The molecule has 5 heterocycles. The lowest BCUT2D eigenvalue weighted by atomic mass is 9.82. The summed E-state index contributed by atoms with van der Waals surface area (Å²) in [6.45, 7) is 43.5. The van der Waals surface area contributed by atoms with Crippen molar-refractivity contribution in [2.45, 2.75) is 80.1 Å². The van der Waals surface area contributed by atoms with Crippen LogP contribution in [0.15, 0.2) is 374 Å². The van der Waals surface area contributed by atoms with Crippen molar-refractivity contribution in [2.75, 3.05) is 19.6 Å².